The number of nitrogens with zero attached hydrogens (tertiary/aromatic N) is 4. The number of fused-ring (bicyclic) bond motifs is 1. The molecule has 4 rings (SSSR count). The van der Waals surface area contributed by atoms with Gasteiger partial charge in [0.05, 0.1) is 29.9 Å². The number of aromatic nitrogens is 3. The highest BCUT2D eigenvalue weighted by atomic mass is 16.5. The van der Waals surface area contributed by atoms with Gasteiger partial charge in [-0.05, 0) is 57.0 Å². The minimum atomic E-state index is 0.0155. The van der Waals surface area contributed by atoms with Crippen LogP contribution in [0.25, 0.3) is 16.9 Å². The third-order valence-electron chi connectivity index (χ3n) is 5.47. The smallest absolute Gasteiger partial charge is 0.217 e. The van der Waals surface area contributed by atoms with Crippen LogP contribution in [0.5, 0.6) is 5.75 Å². The number of carbonyl (C=O) groups is 1. The van der Waals surface area contributed by atoms with Crippen LogP contribution < -0.4 is 15.0 Å². The van der Waals surface area contributed by atoms with E-state index >= 15 is 0 Å². The molecule has 0 spiro atoms. The Labute approximate surface area is 170 Å². The number of ether oxygens (including phenoxy) is 1. The number of anilines is 1. The molecule has 1 aromatic carbocycles. The lowest BCUT2D eigenvalue weighted by molar-refractivity contribution is -0.119. The van der Waals surface area contributed by atoms with Crippen molar-refractivity contribution >= 4 is 17.2 Å². The molecule has 0 aliphatic carbocycles. The van der Waals surface area contributed by atoms with Crippen molar-refractivity contribution in [2.75, 3.05) is 25.1 Å². The van der Waals surface area contributed by atoms with Crippen LogP contribution in [0.1, 0.15) is 30.3 Å². The number of aryl methyl sites for hydroxylation is 3. The summed E-state index contributed by atoms with van der Waals surface area (Å²) >= 11 is 0. The fraction of sp³-hybridized carbons (Fsp3) is 0.409. The van der Waals surface area contributed by atoms with Gasteiger partial charge < -0.3 is 15.0 Å². The van der Waals surface area contributed by atoms with Crippen LogP contribution >= 0.6 is 0 Å². The van der Waals surface area contributed by atoms with Gasteiger partial charge in [-0.1, -0.05) is 0 Å². The molecule has 0 saturated carbocycles. The molecule has 29 heavy (non-hydrogen) atoms. The van der Waals surface area contributed by atoms with Gasteiger partial charge in [0.15, 0.2) is 5.65 Å². The molecule has 1 saturated heterocycles. The van der Waals surface area contributed by atoms with E-state index in [2.05, 4.69) is 28.4 Å². The zero-order valence-corrected chi connectivity index (χ0v) is 17.6. The molecule has 1 amide bonds. The first-order valence-corrected chi connectivity index (χ1v) is 9.91. The molecule has 7 nitrogen and oxygen atoms in total. The minimum Gasteiger partial charge on any atom is -0.496 e. The lowest BCUT2D eigenvalue weighted by atomic mass is 10.1. The molecule has 3 aromatic rings. The topological polar surface area (TPSA) is 71.8 Å². The number of nitrogens with one attached hydrogen (secondary N) is 1. The van der Waals surface area contributed by atoms with Crippen LogP contribution in [0.15, 0.2) is 24.3 Å². The average molecular weight is 393 g/mol. The summed E-state index contributed by atoms with van der Waals surface area (Å²) < 4.78 is 7.35. The summed E-state index contributed by atoms with van der Waals surface area (Å²) in [6.07, 6.45) is 0.928. The van der Waals surface area contributed by atoms with E-state index in [1.165, 1.54) is 0 Å². The number of carbonyl (C=O) groups excluding carboxylic acids is 1. The summed E-state index contributed by atoms with van der Waals surface area (Å²) in [5.74, 6) is 0.882. The maximum absolute atomic E-state index is 11.4. The normalized spacial score (nSPS) is 16.4. The first-order valence-electron chi connectivity index (χ1n) is 9.91. The summed E-state index contributed by atoms with van der Waals surface area (Å²) in [4.78, 5) is 18.6. The maximum Gasteiger partial charge on any atom is 0.217 e. The number of benzene rings is 1. The van der Waals surface area contributed by atoms with Crippen molar-refractivity contribution in [1.82, 2.24) is 19.9 Å². The van der Waals surface area contributed by atoms with Crippen molar-refractivity contribution in [1.29, 1.82) is 0 Å². The van der Waals surface area contributed by atoms with Crippen molar-refractivity contribution in [3.63, 3.8) is 0 Å². The Bertz CT molecular complexity index is 1090. The van der Waals surface area contributed by atoms with Crippen molar-refractivity contribution < 1.29 is 9.53 Å². The SMILES string of the molecule is COc1ccc(-c2c(C)nc3c(N4CC[C@@H](NC(C)=O)C4)cc(C)nn23)cc1C. The highest BCUT2D eigenvalue weighted by Gasteiger charge is 2.27. The number of hydrogen-bond donors (Lipinski definition) is 1. The molecule has 3 heterocycles. The molecule has 0 unspecified atom stereocenters. The predicted molar refractivity (Wildman–Crippen MR) is 114 cm³/mol. The zero-order valence-electron chi connectivity index (χ0n) is 17.6. The Morgan fingerprint density at radius 3 is 2.72 bits per heavy atom. The zero-order chi connectivity index (χ0) is 20.7. The van der Waals surface area contributed by atoms with E-state index in [4.69, 9.17) is 14.8 Å². The molecule has 1 atom stereocenters. The third-order valence-corrected chi connectivity index (χ3v) is 5.47. The molecule has 7 heteroatoms. The van der Waals surface area contributed by atoms with E-state index in [0.717, 1.165) is 64.8 Å². The Balaban J connectivity index is 1.79. The molecule has 2 aromatic heterocycles. The molecule has 0 radical (unpaired) electrons. The van der Waals surface area contributed by atoms with Gasteiger partial charge in [-0.15, -0.1) is 0 Å². The largest absolute Gasteiger partial charge is 0.496 e. The summed E-state index contributed by atoms with van der Waals surface area (Å²) in [6.45, 7) is 9.29. The fourth-order valence-electron chi connectivity index (χ4n) is 4.20. The van der Waals surface area contributed by atoms with E-state index in [0.29, 0.717) is 0 Å². The summed E-state index contributed by atoms with van der Waals surface area (Å²) in [5.41, 5.74) is 6.91. The van der Waals surface area contributed by atoms with Crippen molar-refractivity contribution in [3.8, 4) is 17.0 Å². The molecule has 0 bridgehead atoms. The van der Waals surface area contributed by atoms with Crippen LogP contribution in [0.2, 0.25) is 0 Å². The van der Waals surface area contributed by atoms with E-state index in [-0.39, 0.29) is 11.9 Å². The van der Waals surface area contributed by atoms with Crippen molar-refractivity contribution in [2.24, 2.45) is 0 Å². The van der Waals surface area contributed by atoms with Gasteiger partial charge in [-0.2, -0.15) is 5.10 Å². The molecule has 1 fully saturated rings. The first kappa shape index (κ1) is 19.2. The van der Waals surface area contributed by atoms with Gasteiger partial charge in [0, 0.05) is 31.6 Å². The maximum atomic E-state index is 11.4. The molecule has 1 aliphatic heterocycles. The van der Waals surface area contributed by atoms with E-state index in [9.17, 15) is 4.79 Å². The quantitative estimate of drug-likeness (QED) is 0.738. The third kappa shape index (κ3) is 3.52. The number of imidazole rings is 1. The number of rotatable bonds is 4. The Hall–Kier alpha value is -3.09. The standard InChI is InChI=1S/C22H27N5O2/c1-13-10-17(6-7-20(13)29-5)21-15(3)23-22-19(11-14(2)25-27(21)22)26-9-8-18(12-26)24-16(4)28/h6-7,10-11,18H,8-9,12H2,1-5H3,(H,24,28)/t18-/m1/s1. The fourth-order valence-corrected chi connectivity index (χ4v) is 4.20. The average Bonchev–Trinajstić information content (AvgIpc) is 3.24. The summed E-state index contributed by atoms with van der Waals surface area (Å²) in [5, 5.41) is 7.80. The Morgan fingerprint density at radius 1 is 1.24 bits per heavy atom. The lowest BCUT2D eigenvalue weighted by Gasteiger charge is -2.20. The van der Waals surface area contributed by atoms with E-state index in [1.807, 2.05) is 31.4 Å². The molecule has 1 aliphatic rings. The Morgan fingerprint density at radius 2 is 2.03 bits per heavy atom. The lowest BCUT2D eigenvalue weighted by Crippen LogP contribution is -2.35. The van der Waals surface area contributed by atoms with E-state index < -0.39 is 0 Å². The van der Waals surface area contributed by atoms with Crippen LogP contribution in [0, 0.1) is 20.8 Å². The van der Waals surface area contributed by atoms with Crippen LogP contribution in [0.4, 0.5) is 5.69 Å². The molecule has 1 N–H and O–H groups in total. The van der Waals surface area contributed by atoms with Gasteiger partial charge in [0.1, 0.15) is 5.75 Å². The van der Waals surface area contributed by atoms with Crippen LogP contribution in [0.3, 0.4) is 0 Å². The second-order valence-electron chi connectivity index (χ2n) is 7.77. The van der Waals surface area contributed by atoms with Crippen molar-refractivity contribution in [3.05, 3.63) is 41.2 Å². The molecule has 152 valence electrons. The van der Waals surface area contributed by atoms with Gasteiger partial charge in [0.25, 0.3) is 0 Å². The number of hydrogen-bond acceptors (Lipinski definition) is 5. The molecular formula is C22H27N5O2. The van der Waals surface area contributed by atoms with Crippen LogP contribution in [-0.2, 0) is 4.79 Å². The van der Waals surface area contributed by atoms with Crippen LogP contribution in [-0.4, -0.2) is 46.7 Å². The van der Waals surface area contributed by atoms with Gasteiger partial charge in [-0.3, -0.25) is 4.79 Å². The first-order chi connectivity index (χ1) is 13.9. The monoisotopic (exact) mass is 393 g/mol. The number of amides is 1. The minimum absolute atomic E-state index is 0.0155. The predicted octanol–water partition coefficient (Wildman–Crippen LogP) is 3.04. The van der Waals surface area contributed by atoms with Gasteiger partial charge in [-0.25, -0.2) is 9.50 Å². The Kier molecular flexibility index (Phi) is 4.90. The summed E-state index contributed by atoms with van der Waals surface area (Å²) in [6, 6.07) is 8.40. The number of methoxy groups -OCH3 is 1. The van der Waals surface area contributed by atoms with Crippen molar-refractivity contribution in [2.45, 2.75) is 40.2 Å². The second kappa shape index (κ2) is 7.39. The second-order valence-corrected chi connectivity index (χ2v) is 7.77. The molecular weight excluding hydrogens is 366 g/mol. The summed E-state index contributed by atoms with van der Waals surface area (Å²) in [7, 11) is 1.68. The highest BCUT2D eigenvalue weighted by Crippen LogP contribution is 2.33. The van der Waals surface area contributed by atoms with Gasteiger partial charge >= 0.3 is 0 Å². The van der Waals surface area contributed by atoms with E-state index in [1.54, 1.807) is 14.0 Å². The van der Waals surface area contributed by atoms with Gasteiger partial charge in [0.2, 0.25) is 5.91 Å². The highest BCUT2D eigenvalue weighted by molar-refractivity contribution is 5.77.